The summed E-state index contributed by atoms with van der Waals surface area (Å²) in [7, 11) is 0. The summed E-state index contributed by atoms with van der Waals surface area (Å²) in [5.74, 6) is 0.278. The Kier molecular flexibility index (Phi) is 6.17. The molecule has 31 heavy (non-hydrogen) atoms. The summed E-state index contributed by atoms with van der Waals surface area (Å²) < 4.78 is 5.78. The minimum absolute atomic E-state index is 0.234. The van der Waals surface area contributed by atoms with E-state index in [1.807, 2.05) is 66.9 Å². The van der Waals surface area contributed by atoms with Crippen molar-refractivity contribution in [1.29, 1.82) is 0 Å². The van der Waals surface area contributed by atoms with Gasteiger partial charge in [0.05, 0.1) is 6.54 Å². The molecular formula is C25H25N3O3. The van der Waals surface area contributed by atoms with Gasteiger partial charge in [0, 0.05) is 30.4 Å². The largest absolute Gasteiger partial charge is 0.492 e. The Bertz CT molecular complexity index is 1210. The molecule has 1 heterocycles. The Morgan fingerprint density at radius 1 is 1.00 bits per heavy atom. The van der Waals surface area contributed by atoms with Gasteiger partial charge in [-0.1, -0.05) is 48.5 Å². The van der Waals surface area contributed by atoms with E-state index >= 15 is 0 Å². The molecule has 0 bridgehead atoms. The summed E-state index contributed by atoms with van der Waals surface area (Å²) in [4.78, 5) is 27.6. The Hall–Kier alpha value is -3.80. The smallest absolute Gasteiger partial charge is 0.243 e. The Balaban J connectivity index is 1.34. The topological polar surface area (TPSA) is 83.2 Å². The molecule has 0 aliphatic heterocycles. The van der Waals surface area contributed by atoms with E-state index in [2.05, 4.69) is 21.7 Å². The third kappa shape index (κ3) is 5.04. The molecule has 2 amide bonds. The fourth-order valence-corrected chi connectivity index (χ4v) is 3.70. The van der Waals surface area contributed by atoms with Crippen LogP contribution >= 0.6 is 0 Å². The molecule has 0 spiro atoms. The predicted octanol–water partition coefficient (Wildman–Crippen LogP) is 3.56. The molecule has 158 valence electrons. The number of carbonyl (C=O) groups is 2. The highest BCUT2D eigenvalue weighted by Gasteiger charge is 2.21. The van der Waals surface area contributed by atoms with E-state index in [4.69, 9.17) is 4.74 Å². The fourth-order valence-electron chi connectivity index (χ4n) is 3.70. The molecule has 0 radical (unpaired) electrons. The zero-order chi connectivity index (χ0) is 21.6. The normalized spacial score (nSPS) is 11.9. The van der Waals surface area contributed by atoms with Gasteiger partial charge in [-0.2, -0.15) is 0 Å². The maximum Gasteiger partial charge on any atom is 0.243 e. The molecule has 1 aromatic heterocycles. The average Bonchev–Trinajstić information content (AvgIpc) is 3.18. The molecule has 4 aromatic rings. The minimum Gasteiger partial charge on any atom is -0.492 e. The maximum absolute atomic E-state index is 12.7. The van der Waals surface area contributed by atoms with Crippen LogP contribution in [0.4, 0.5) is 0 Å². The average molecular weight is 415 g/mol. The van der Waals surface area contributed by atoms with Gasteiger partial charge in [-0.05, 0) is 34.5 Å². The van der Waals surface area contributed by atoms with Crippen molar-refractivity contribution < 1.29 is 14.3 Å². The Morgan fingerprint density at radius 3 is 2.61 bits per heavy atom. The zero-order valence-corrected chi connectivity index (χ0v) is 17.4. The van der Waals surface area contributed by atoms with Gasteiger partial charge in [0.15, 0.2) is 0 Å². The van der Waals surface area contributed by atoms with E-state index in [1.165, 1.54) is 6.92 Å². The number of fused-ring (bicyclic) bond motifs is 2. The zero-order valence-electron chi connectivity index (χ0n) is 17.4. The lowest BCUT2D eigenvalue weighted by Gasteiger charge is -2.17. The number of carbonyl (C=O) groups excluding carboxylic acids is 2. The summed E-state index contributed by atoms with van der Waals surface area (Å²) in [5.41, 5.74) is 1.99. The lowest BCUT2D eigenvalue weighted by atomic mass is 10.0. The van der Waals surface area contributed by atoms with Crippen LogP contribution in [0, 0.1) is 0 Å². The van der Waals surface area contributed by atoms with Crippen LogP contribution in [0.1, 0.15) is 12.5 Å². The minimum atomic E-state index is -0.655. The van der Waals surface area contributed by atoms with Gasteiger partial charge in [0.25, 0.3) is 0 Å². The van der Waals surface area contributed by atoms with E-state index in [1.54, 1.807) is 0 Å². The van der Waals surface area contributed by atoms with Gasteiger partial charge in [-0.15, -0.1) is 0 Å². The van der Waals surface area contributed by atoms with Gasteiger partial charge in [0.1, 0.15) is 18.4 Å². The fraction of sp³-hybridized carbons (Fsp3) is 0.200. The highest BCUT2D eigenvalue weighted by molar-refractivity contribution is 5.89. The van der Waals surface area contributed by atoms with Crippen molar-refractivity contribution in [2.24, 2.45) is 0 Å². The first-order valence-corrected chi connectivity index (χ1v) is 10.3. The Morgan fingerprint density at radius 2 is 1.77 bits per heavy atom. The monoisotopic (exact) mass is 415 g/mol. The third-order valence-electron chi connectivity index (χ3n) is 5.18. The van der Waals surface area contributed by atoms with Gasteiger partial charge in [-0.3, -0.25) is 9.59 Å². The molecule has 6 heteroatoms. The molecule has 3 N–H and O–H groups in total. The van der Waals surface area contributed by atoms with Gasteiger partial charge < -0.3 is 20.4 Å². The van der Waals surface area contributed by atoms with Crippen molar-refractivity contribution in [2.75, 3.05) is 13.2 Å². The molecular weight excluding hydrogens is 390 g/mol. The number of benzene rings is 3. The van der Waals surface area contributed by atoms with Gasteiger partial charge >= 0.3 is 0 Å². The molecule has 0 saturated heterocycles. The van der Waals surface area contributed by atoms with Gasteiger partial charge in [-0.25, -0.2) is 0 Å². The van der Waals surface area contributed by atoms with E-state index < -0.39 is 6.04 Å². The summed E-state index contributed by atoms with van der Waals surface area (Å²) in [5, 5.41) is 8.93. The second-order valence-electron chi connectivity index (χ2n) is 7.47. The van der Waals surface area contributed by atoms with Crippen molar-refractivity contribution in [2.45, 2.75) is 19.4 Å². The maximum atomic E-state index is 12.7. The summed E-state index contributed by atoms with van der Waals surface area (Å²) in [6.45, 7) is 2.10. The van der Waals surface area contributed by atoms with Gasteiger partial charge in [0.2, 0.25) is 11.8 Å². The van der Waals surface area contributed by atoms with Crippen LogP contribution < -0.4 is 15.4 Å². The SMILES string of the molecule is CC(=O)NC(Cc1c[nH]c2ccccc12)C(=O)NCCOc1ccc2ccccc2c1. The number of para-hydroxylation sites is 1. The predicted molar refractivity (Wildman–Crippen MR) is 122 cm³/mol. The molecule has 0 fully saturated rings. The third-order valence-corrected chi connectivity index (χ3v) is 5.18. The first-order valence-electron chi connectivity index (χ1n) is 10.3. The molecule has 4 rings (SSSR count). The van der Waals surface area contributed by atoms with Crippen LogP contribution in [-0.4, -0.2) is 36.0 Å². The van der Waals surface area contributed by atoms with Crippen molar-refractivity contribution in [1.82, 2.24) is 15.6 Å². The number of amides is 2. The summed E-state index contributed by atoms with van der Waals surface area (Å²) in [6.07, 6.45) is 2.29. The van der Waals surface area contributed by atoms with Crippen molar-refractivity contribution >= 4 is 33.5 Å². The highest BCUT2D eigenvalue weighted by Crippen LogP contribution is 2.21. The lowest BCUT2D eigenvalue weighted by molar-refractivity contribution is -0.128. The number of aromatic amines is 1. The molecule has 1 atom stereocenters. The number of rotatable bonds is 8. The van der Waals surface area contributed by atoms with E-state index in [0.717, 1.165) is 33.0 Å². The number of ether oxygens (including phenoxy) is 1. The van der Waals surface area contributed by atoms with Crippen molar-refractivity contribution in [3.8, 4) is 5.75 Å². The van der Waals surface area contributed by atoms with Crippen molar-refractivity contribution in [3.05, 3.63) is 78.5 Å². The Labute approximate surface area is 180 Å². The second kappa shape index (κ2) is 9.34. The summed E-state index contributed by atoms with van der Waals surface area (Å²) in [6, 6.07) is 21.2. The number of H-pyrrole nitrogens is 1. The van der Waals surface area contributed by atoms with Crippen molar-refractivity contribution in [3.63, 3.8) is 0 Å². The number of hydrogen-bond acceptors (Lipinski definition) is 3. The second-order valence-corrected chi connectivity index (χ2v) is 7.47. The summed E-state index contributed by atoms with van der Waals surface area (Å²) >= 11 is 0. The van der Waals surface area contributed by atoms with Crippen LogP contribution in [0.2, 0.25) is 0 Å². The molecule has 3 aromatic carbocycles. The molecule has 0 aliphatic carbocycles. The molecule has 0 aliphatic rings. The molecule has 0 saturated carbocycles. The number of hydrogen-bond donors (Lipinski definition) is 3. The van der Waals surface area contributed by atoms with Crippen LogP contribution in [0.25, 0.3) is 21.7 Å². The van der Waals surface area contributed by atoms with Crippen LogP contribution in [0.15, 0.2) is 72.9 Å². The van der Waals surface area contributed by atoms with Crippen LogP contribution in [0.5, 0.6) is 5.75 Å². The van der Waals surface area contributed by atoms with E-state index in [0.29, 0.717) is 19.6 Å². The standard InChI is InChI=1S/C25H25N3O3/c1-17(29)28-24(15-20-16-27-23-9-5-4-8-22(20)23)25(30)26-12-13-31-21-11-10-18-6-2-3-7-19(18)14-21/h2-11,14,16,24,27H,12-13,15H2,1H3,(H,26,30)(H,28,29). The van der Waals surface area contributed by atoms with Crippen LogP contribution in [-0.2, 0) is 16.0 Å². The number of nitrogens with one attached hydrogen (secondary N) is 3. The first-order chi connectivity index (χ1) is 15.1. The molecule has 6 nitrogen and oxygen atoms in total. The quantitative estimate of drug-likeness (QED) is 0.385. The first kappa shape index (κ1) is 20.5. The molecule has 1 unspecified atom stereocenters. The highest BCUT2D eigenvalue weighted by atomic mass is 16.5. The van der Waals surface area contributed by atoms with Crippen LogP contribution in [0.3, 0.4) is 0 Å². The number of aromatic nitrogens is 1. The van der Waals surface area contributed by atoms with E-state index in [-0.39, 0.29) is 11.8 Å². The van der Waals surface area contributed by atoms with E-state index in [9.17, 15) is 9.59 Å². The lowest BCUT2D eigenvalue weighted by Crippen LogP contribution is -2.48.